The number of hydrogen-bond acceptors (Lipinski definition) is 2. The molecule has 0 aliphatic heterocycles. The first-order valence-electron chi connectivity index (χ1n) is 4.27. The Morgan fingerprint density at radius 2 is 2.33 bits per heavy atom. The highest BCUT2D eigenvalue weighted by Crippen LogP contribution is 2.08. The van der Waals surface area contributed by atoms with Gasteiger partial charge in [0.15, 0.2) is 0 Å². The van der Waals surface area contributed by atoms with Crippen molar-refractivity contribution in [1.29, 1.82) is 0 Å². The molecule has 1 N–H and O–H groups in total. The van der Waals surface area contributed by atoms with Gasteiger partial charge in [-0.15, -0.1) is 0 Å². The molecule has 2 heteroatoms. The molecule has 0 spiro atoms. The van der Waals surface area contributed by atoms with Crippen LogP contribution in [0.2, 0.25) is 0 Å². The van der Waals surface area contributed by atoms with Gasteiger partial charge >= 0.3 is 0 Å². The van der Waals surface area contributed by atoms with Crippen LogP contribution in [0.3, 0.4) is 0 Å². The summed E-state index contributed by atoms with van der Waals surface area (Å²) in [6.45, 7) is 3.88. The maximum absolute atomic E-state index is 9.08. The lowest BCUT2D eigenvalue weighted by Crippen LogP contribution is -2.02. The van der Waals surface area contributed by atoms with Crippen LogP contribution in [0.4, 0.5) is 0 Å². The van der Waals surface area contributed by atoms with E-state index in [1.54, 1.807) is 6.20 Å². The van der Waals surface area contributed by atoms with Crippen molar-refractivity contribution >= 4 is 0 Å². The third-order valence-electron chi connectivity index (χ3n) is 1.98. The van der Waals surface area contributed by atoms with Crippen molar-refractivity contribution in [3.8, 4) is 0 Å². The van der Waals surface area contributed by atoms with E-state index in [9.17, 15) is 0 Å². The largest absolute Gasteiger partial charge is 0.393 e. The molecule has 0 amide bonds. The van der Waals surface area contributed by atoms with E-state index in [4.69, 9.17) is 5.11 Å². The predicted octanol–water partition coefficient (Wildman–Crippen LogP) is 1.70. The van der Waals surface area contributed by atoms with E-state index in [1.165, 1.54) is 11.1 Å². The van der Waals surface area contributed by atoms with Crippen LogP contribution < -0.4 is 0 Å². The normalized spacial score (nSPS) is 12.9. The van der Waals surface area contributed by atoms with Gasteiger partial charge < -0.3 is 5.11 Å². The Morgan fingerprint density at radius 1 is 1.58 bits per heavy atom. The van der Waals surface area contributed by atoms with Gasteiger partial charge in [-0.05, 0) is 43.9 Å². The lowest BCUT2D eigenvalue weighted by atomic mass is 10.1. The standard InChI is InChI=1S/C10H15NO/c1-8-5-6-11-7-10(8)4-3-9(2)12/h5-7,9,12H,3-4H2,1-2H3/t9-/m0/s1. The molecule has 0 aromatic carbocycles. The Balaban J connectivity index is 2.57. The summed E-state index contributed by atoms with van der Waals surface area (Å²) in [6.07, 6.45) is 5.17. The van der Waals surface area contributed by atoms with Gasteiger partial charge in [-0.3, -0.25) is 4.98 Å². The number of pyridine rings is 1. The average Bonchev–Trinajstić information content (AvgIpc) is 2.03. The van der Waals surface area contributed by atoms with E-state index in [1.807, 2.05) is 19.2 Å². The Labute approximate surface area is 73.3 Å². The second kappa shape index (κ2) is 4.21. The van der Waals surface area contributed by atoms with Crippen LogP contribution in [-0.2, 0) is 6.42 Å². The zero-order chi connectivity index (χ0) is 8.97. The van der Waals surface area contributed by atoms with E-state index in [0.29, 0.717) is 0 Å². The quantitative estimate of drug-likeness (QED) is 0.739. The monoisotopic (exact) mass is 165 g/mol. The first-order chi connectivity index (χ1) is 5.70. The number of rotatable bonds is 3. The van der Waals surface area contributed by atoms with Crippen LogP contribution in [0.1, 0.15) is 24.5 Å². The summed E-state index contributed by atoms with van der Waals surface area (Å²) in [4.78, 5) is 4.04. The molecule has 0 unspecified atom stereocenters. The Bertz CT molecular complexity index is 245. The Hall–Kier alpha value is -0.890. The minimum absolute atomic E-state index is 0.218. The summed E-state index contributed by atoms with van der Waals surface area (Å²) >= 11 is 0. The minimum Gasteiger partial charge on any atom is -0.393 e. The maximum Gasteiger partial charge on any atom is 0.0515 e. The number of aryl methyl sites for hydroxylation is 2. The van der Waals surface area contributed by atoms with Crippen LogP contribution in [0, 0.1) is 6.92 Å². The zero-order valence-corrected chi connectivity index (χ0v) is 7.62. The van der Waals surface area contributed by atoms with Gasteiger partial charge in [-0.2, -0.15) is 0 Å². The van der Waals surface area contributed by atoms with Crippen molar-refractivity contribution in [1.82, 2.24) is 4.98 Å². The highest BCUT2D eigenvalue weighted by molar-refractivity contribution is 5.21. The van der Waals surface area contributed by atoms with Crippen LogP contribution in [-0.4, -0.2) is 16.2 Å². The fraction of sp³-hybridized carbons (Fsp3) is 0.500. The summed E-state index contributed by atoms with van der Waals surface area (Å²) in [5.74, 6) is 0. The van der Waals surface area contributed by atoms with Gasteiger partial charge in [0.25, 0.3) is 0 Å². The maximum atomic E-state index is 9.08. The molecule has 12 heavy (non-hydrogen) atoms. The molecule has 0 fully saturated rings. The number of aromatic nitrogens is 1. The lowest BCUT2D eigenvalue weighted by molar-refractivity contribution is 0.185. The van der Waals surface area contributed by atoms with Crippen LogP contribution >= 0.6 is 0 Å². The van der Waals surface area contributed by atoms with Crippen molar-refractivity contribution in [3.63, 3.8) is 0 Å². The van der Waals surface area contributed by atoms with E-state index in [-0.39, 0.29) is 6.10 Å². The summed E-state index contributed by atoms with van der Waals surface area (Å²) in [5.41, 5.74) is 2.49. The molecule has 0 saturated carbocycles. The van der Waals surface area contributed by atoms with E-state index in [0.717, 1.165) is 12.8 Å². The van der Waals surface area contributed by atoms with Gasteiger partial charge in [-0.1, -0.05) is 0 Å². The van der Waals surface area contributed by atoms with Crippen molar-refractivity contribution in [3.05, 3.63) is 29.6 Å². The lowest BCUT2D eigenvalue weighted by Gasteiger charge is -2.05. The Morgan fingerprint density at radius 3 is 2.92 bits per heavy atom. The van der Waals surface area contributed by atoms with Gasteiger partial charge in [0.2, 0.25) is 0 Å². The van der Waals surface area contributed by atoms with Crippen LogP contribution in [0.15, 0.2) is 18.5 Å². The van der Waals surface area contributed by atoms with Crippen molar-refractivity contribution in [2.75, 3.05) is 0 Å². The van der Waals surface area contributed by atoms with Crippen molar-refractivity contribution in [2.45, 2.75) is 32.8 Å². The first kappa shape index (κ1) is 9.20. The molecule has 1 atom stereocenters. The molecule has 1 aromatic rings. The van der Waals surface area contributed by atoms with Gasteiger partial charge in [-0.25, -0.2) is 0 Å². The molecule has 0 saturated heterocycles. The second-order valence-electron chi connectivity index (χ2n) is 3.19. The third-order valence-corrected chi connectivity index (χ3v) is 1.98. The summed E-state index contributed by atoms with van der Waals surface area (Å²) in [5, 5.41) is 9.08. The first-order valence-corrected chi connectivity index (χ1v) is 4.27. The van der Waals surface area contributed by atoms with Crippen molar-refractivity contribution in [2.24, 2.45) is 0 Å². The van der Waals surface area contributed by atoms with Crippen LogP contribution in [0.25, 0.3) is 0 Å². The molecule has 1 heterocycles. The topological polar surface area (TPSA) is 33.1 Å². The van der Waals surface area contributed by atoms with Gasteiger partial charge in [0.05, 0.1) is 6.10 Å². The number of aliphatic hydroxyl groups excluding tert-OH is 1. The molecule has 0 radical (unpaired) electrons. The molecule has 0 aliphatic carbocycles. The van der Waals surface area contributed by atoms with E-state index >= 15 is 0 Å². The number of nitrogens with zero attached hydrogens (tertiary/aromatic N) is 1. The minimum atomic E-state index is -0.218. The fourth-order valence-electron chi connectivity index (χ4n) is 1.12. The van der Waals surface area contributed by atoms with E-state index < -0.39 is 0 Å². The molecule has 1 rings (SSSR count). The van der Waals surface area contributed by atoms with Crippen molar-refractivity contribution < 1.29 is 5.11 Å². The molecule has 0 bridgehead atoms. The summed E-state index contributed by atoms with van der Waals surface area (Å²) < 4.78 is 0. The molecular formula is C10H15NO. The highest BCUT2D eigenvalue weighted by atomic mass is 16.3. The zero-order valence-electron chi connectivity index (χ0n) is 7.62. The number of aliphatic hydroxyl groups is 1. The van der Waals surface area contributed by atoms with E-state index in [2.05, 4.69) is 11.9 Å². The van der Waals surface area contributed by atoms with Gasteiger partial charge in [0.1, 0.15) is 0 Å². The average molecular weight is 165 g/mol. The summed E-state index contributed by atoms with van der Waals surface area (Å²) in [6, 6.07) is 2.00. The molecule has 0 aliphatic rings. The molecule has 66 valence electrons. The predicted molar refractivity (Wildman–Crippen MR) is 49.0 cm³/mol. The smallest absolute Gasteiger partial charge is 0.0515 e. The molecular weight excluding hydrogens is 150 g/mol. The number of hydrogen-bond donors (Lipinski definition) is 1. The highest BCUT2D eigenvalue weighted by Gasteiger charge is 2.00. The Kier molecular flexibility index (Phi) is 3.23. The molecule has 1 aromatic heterocycles. The SMILES string of the molecule is Cc1ccncc1CC[C@H](C)O. The molecule has 2 nitrogen and oxygen atoms in total. The second-order valence-corrected chi connectivity index (χ2v) is 3.19. The fourth-order valence-corrected chi connectivity index (χ4v) is 1.12. The van der Waals surface area contributed by atoms with Crippen LogP contribution in [0.5, 0.6) is 0 Å². The third kappa shape index (κ3) is 2.62. The van der Waals surface area contributed by atoms with Gasteiger partial charge in [0, 0.05) is 12.4 Å². The summed E-state index contributed by atoms with van der Waals surface area (Å²) in [7, 11) is 0.